The third-order valence-corrected chi connectivity index (χ3v) is 5.53. The Kier molecular flexibility index (Phi) is 6.38. The highest BCUT2D eigenvalue weighted by atomic mass is 32.2. The Balaban J connectivity index is 1.87. The number of carbonyl (C=O) groups is 2. The zero-order valence-corrected chi connectivity index (χ0v) is 15.1. The molecule has 0 aliphatic carbocycles. The van der Waals surface area contributed by atoms with Crippen molar-refractivity contribution >= 4 is 27.7 Å². The molecule has 1 aliphatic rings. The maximum absolute atomic E-state index is 12.3. The molecule has 138 valence electrons. The SMILES string of the molecule is COC(=O)N1CCC(CNS(=O)(=O)c2ccc(NC(C)=O)cc2)CC1. The number of ether oxygens (including phenoxy) is 1. The number of anilines is 1. The van der Waals surface area contributed by atoms with E-state index in [-0.39, 0.29) is 22.8 Å². The molecule has 0 radical (unpaired) electrons. The summed E-state index contributed by atoms with van der Waals surface area (Å²) >= 11 is 0. The van der Waals surface area contributed by atoms with Gasteiger partial charge in [0.05, 0.1) is 12.0 Å². The van der Waals surface area contributed by atoms with Gasteiger partial charge in [0.1, 0.15) is 0 Å². The molecule has 1 fully saturated rings. The predicted molar refractivity (Wildman–Crippen MR) is 92.6 cm³/mol. The van der Waals surface area contributed by atoms with Gasteiger partial charge in [-0.3, -0.25) is 4.79 Å². The molecule has 9 heteroatoms. The van der Waals surface area contributed by atoms with Gasteiger partial charge in [-0.05, 0) is 43.0 Å². The van der Waals surface area contributed by atoms with Crippen molar-refractivity contribution in [2.75, 3.05) is 32.1 Å². The number of sulfonamides is 1. The van der Waals surface area contributed by atoms with Crippen molar-refractivity contribution in [3.05, 3.63) is 24.3 Å². The van der Waals surface area contributed by atoms with Gasteiger partial charge in [0.15, 0.2) is 0 Å². The second kappa shape index (κ2) is 8.30. The van der Waals surface area contributed by atoms with E-state index in [1.165, 1.54) is 26.2 Å². The lowest BCUT2D eigenvalue weighted by Crippen LogP contribution is -2.41. The molecule has 1 heterocycles. The van der Waals surface area contributed by atoms with Crippen LogP contribution >= 0.6 is 0 Å². The van der Waals surface area contributed by atoms with E-state index in [4.69, 9.17) is 0 Å². The first kappa shape index (κ1) is 19.2. The zero-order valence-electron chi connectivity index (χ0n) is 14.3. The molecule has 0 atom stereocenters. The lowest BCUT2D eigenvalue weighted by atomic mass is 9.97. The highest BCUT2D eigenvalue weighted by Gasteiger charge is 2.24. The quantitative estimate of drug-likeness (QED) is 0.816. The first-order valence-corrected chi connectivity index (χ1v) is 9.50. The number of methoxy groups -OCH3 is 1. The Hall–Kier alpha value is -2.13. The summed E-state index contributed by atoms with van der Waals surface area (Å²) in [6.07, 6.45) is 1.09. The summed E-state index contributed by atoms with van der Waals surface area (Å²) in [6, 6.07) is 6.00. The monoisotopic (exact) mass is 369 g/mol. The summed E-state index contributed by atoms with van der Waals surface area (Å²) in [4.78, 5) is 24.2. The van der Waals surface area contributed by atoms with Crippen LogP contribution in [-0.2, 0) is 19.6 Å². The van der Waals surface area contributed by atoms with E-state index in [9.17, 15) is 18.0 Å². The number of hydrogen-bond donors (Lipinski definition) is 2. The normalized spacial score (nSPS) is 15.7. The smallest absolute Gasteiger partial charge is 0.409 e. The molecule has 1 saturated heterocycles. The Morgan fingerprint density at radius 1 is 1.20 bits per heavy atom. The van der Waals surface area contributed by atoms with Crippen LogP contribution in [-0.4, -0.2) is 52.1 Å². The van der Waals surface area contributed by atoms with Crippen molar-refractivity contribution in [1.29, 1.82) is 0 Å². The van der Waals surface area contributed by atoms with Crippen molar-refractivity contribution < 1.29 is 22.7 Å². The zero-order chi connectivity index (χ0) is 18.4. The average Bonchev–Trinajstić information content (AvgIpc) is 2.60. The van der Waals surface area contributed by atoms with Crippen molar-refractivity contribution in [2.24, 2.45) is 5.92 Å². The fourth-order valence-corrected chi connectivity index (χ4v) is 3.80. The number of carbonyl (C=O) groups excluding carboxylic acids is 2. The van der Waals surface area contributed by atoms with Crippen molar-refractivity contribution in [3.63, 3.8) is 0 Å². The Morgan fingerprint density at radius 3 is 2.32 bits per heavy atom. The second-order valence-electron chi connectivity index (χ2n) is 5.96. The average molecular weight is 369 g/mol. The Labute approximate surface area is 147 Å². The summed E-state index contributed by atoms with van der Waals surface area (Å²) in [6.45, 7) is 2.83. The van der Waals surface area contributed by atoms with E-state index in [1.807, 2.05) is 0 Å². The van der Waals surface area contributed by atoms with Crippen LogP contribution < -0.4 is 10.0 Å². The van der Waals surface area contributed by atoms with Gasteiger partial charge in [0.25, 0.3) is 0 Å². The Morgan fingerprint density at radius 2 is 1.80 bits per heavy atom. The molecule has 25 heavy (non-hydrogen) atoms. The minimum atomic E-state index is -3.61. The molecule has 1 aromatic carbocycles. The molecule has 0 bridgehead atoms. The van der Waals surface area contributed by atoms with Crippen LogP contribution in [0.25, 0.3) is 0 Å². The molecule has 0 unspecified atom stereocenters. The van der Waals surface area contributed by atoms with E-state index in [1.54, 1.807) is 17.0 Å². The molecule has 8 nitrogen and oxygen atoms in total. The van der Waals surface area contributed by atoms with Crippen LogP contribution in [0, 0.1) is 5.92 Å². The van der Waals surface area contributed by atoms with Crippen LogP contribution in [0.5, 0.6) is 0 Å². The van der Waals surface area contributed by atoms with E-state index < -0.39 is 10.0 Å². The van der Waals surface area contributed by atoms with E-state index in [2.05, 4.69) is 14.8 Å². The summed E-state index contributed by atoms with van der Waals surface area (Å²) < 4.78 is 32.0. The topological polar surface area (TPSA) is 105 Å². The van der Waals surface area contributed by atoms with Gasteiger partial charge in [0.2, 0.25) is 15.9 Å². The molecule has 2 N–H and O–H groups in total. The third-order valence-electron chi connectivity index (χ3n) is 4.09. The van der Waals surface area contributed by atoms with Crippen LogP contribution in [0.1, 0.15) is 19.8 Å². The van der Waals surface area contributed by atoms with E-state index in [0.717, 1.165) is 12.8 Å². The minimum absolute atomic E-state index is 0.147. The molecular formula is C16H23N3O5S. The predicted octanol–water partition coefficient (Wildman–Crippen LogP) is 1.40. The highest BCUT2D eigenvalue weighted by Crippen LogP contribution is 2.19. The van der Waals surface area contributed by atoms with Gasteiger partial charge in [-0.15, -0.1) is 0 Å². The fourth-order valence-electron chi connectivity index (χ4n) is 2.68. The standard InChI is InChI=1S/C16H23N3O5S/c1-12(20)18-14-3-5-15(6-4-14)25(22,23)17-11-13-7-9-19(10-8-13)16(21)24-2/h3-6,13,17H,7-11H2,1-2H3,(H,18,20). The van der Waals surface area contributed by atoms with Crippen LogP contribution in [0.4, 0.5) is 10.5 Å². The van der Waals surface area contributed by atoms with E-state index in [0.29, 0.717) is 25.3 Å². The number of likely N-dealkylation sites (tertiary alicyclic amines) is 1. The maximum atomic E-state index is 12.3. The Bertz CT molecular complexity index is 710. The first-order valence-electron chi connectivity index (χ1n) is 8.02. The number of benzene rings is 1. The van der Waals surface area contributed by atoms with E-state index >= 15 is 0 Å². The van der Waals surface area contributed by atoms with Crippen molar-refractivity contribution in [2.45, 2.75) is 24.7 Å². The van der Waals surface area contributed by atoms with Gasteiger partial charge in [-0.1, -0.05) is 0 Å². The van der Waals surface area contributed by atoms with Gasteiger partial charge in [0, 0.05) is 32.2 Å². The molecule has 1 aliphatic heterocycles. The number of amides is 2. The molecule has 2 rings (SSSR count). The van der Waals surface area contributed by atoms with Crippen LogP contribution in [0.2, 0.25) is 0 Å². The molecule has 1 aromatic rings. The number of nitrogens with zero attached hydrogens (tertiary/aromatic N) is 1. The summed E-state index contributed by atoms with van der Waals surface area (Å²) in [7, 11) is -2.26. The molecular weight excluding hydrogens is 346 g/mol. The largest absolute Gasteiger partial charge is 0.453 e. The van der Waals surface area contributed by atoms with Gasteiger partial charge in [-0.25, -0.2) is 17.9 Å². The molecule has 0 aromatic heterocycles. The number of hydrogen-bond acceptors (Lipinski definition) is 5. The minimum Gasteiger partial charge on any atom is -0.453 e. The number of piperidine rings is 1. The third kappa shape index (κ3) is 5.43. The number of nitrogens with one attached hydrogen (secondary N) is 2. The fraction of sp³-hybridized carbons (Fsp3) is 0.500. The van der Waals surface area contributed by atoms with Crippen molar-refractivity contribution in [1.82, 2.24) is 9.62 Å². The van der Waals surface area contributed by atoms with Crippen molar-refractivity contribution in [3.8, 4) is 0 Å². The second-order valence-corrected chi connectivity index (χ2v) is 7.72. The lowest BCUT2D eigenvalue weighted by Gasteiger charge is -2.30. The van der Waals surface area contributed by atoms with Gasteiger partial charge < -0.3 is 15.0 Å². The highest BCUT2D eigenvalue weighted by molar-refractivity contribution is 7.89. The summed E-state index contributed by atoms with van der Waals surface area (Å²) in [5.74, 6) is -0.0404. The lowest BCUT2D eigenvalue weighted by molar-refractivity contribution is -0.114. The van der Waals surface area contributed by atoms with Gasteiger partial charge in [-0.2, -0.15) is 0 Å². The molecule has 2 amide bonds. The number of rotatable bonds is 5. The molecule has 0 spiro atoms. The van der Waals surface area contributed by atoms with Gasteiger partial charge >= 0.3 is 6.09 Å². The summed E-state index contributed by atoms with van der Waals surface area (Å²) in [5.41, 5.74) is 0.543. The van der Waals surface area contributed by atoms with Crippen LogP contribution in [0.15, 0.2) is 29.2 Å². The summed E-state index contributed by atoms with van der Waals surface area (Å²) in [5, 5.41) is 2.59. The maximum Gasteiger partial charge on any atom is 0.409 e. The molecule has 0 saturated carbocycles. The van der Waals surface area contributed by atoms with Crippen LogP contribution in [0.3, 0.4) is 0 Å². The first-order chi connectivity index (χ1) is 11.8.